The van der Waals surface area contributed by atoms with E-state index >= 15 is 0 Å². The first-order valence-corrected chi connectivity index (χ1v) is 7.20. The number of aryl methyl sites for hydroxylation is 1. The lowest BCUT2D eigenvalue weighted by Gasteiger charge is -2.11. The Kier molecular flexibility index (Phi) is 3.50. The van der Waals surface area contributed by atoms with Crippen molar-refractivity contribution in [1.29, 1.82) is 0 Å². The van der Waals surface area contributed by atoms with Gasteiger partial charge >= 0.3 is 0 Å². The number of hydrogen-bond acceptors (Lipinski definition) is 5. The number of carbonyl (C=O) groups excluding carboxylic acids is 1. The van der Waals surface area contributed by atoms with E-state index in [0.717, 1.165) is 5.76 Å². The zero-order valence-electron chi connectivity index (χ0n) is 10.7. The van der Waals surface area contributed by atoms with Crippen LogP contribution in [0.5, 0.6) is 0 Å². The molecule has 1 fully saturated rings. The molecule has 4 nitrogen and oxygen atoms in total. The van der Waals surface area contributed by atoms with Gasteiger partial charge in [0.2, 0.25) is 0 Å². The Morgan fingerprint density at radius 3 is 2.90 bits per heavy atom. The third-order valence-corrected chi connectivity index (χ3v) is 4.18. The molecule has 102 valence electrons. The first-order chi connectivity index (χ1) is 9.63. The maximum absolute atomic E-state index is 12.3. The lowest BCUT2D eigenvalue weighted by atomic mass is 10.3. The number of rotatable bonds is 3. The van der Waals surface area contributed by atoms with Gasteiger partial charge in [-0.3, -0.25) is 9.69 Å². The van der Waals surface area contributed by atoms with E-state index < -0.39 is 0 Å². The molecule has 0 atom stereocenters. The summed E-state index contributed by atoms with van der Waals surface area (Å²) < 4.78 is 11.2. The Morgan fingerprint density at radius 1 is 1.40 bits per heavy atom. The van der Waals surface area contributed by atoms with Gasteiger partial charge in [0.05, 0.1) is 17.7 Å². The first-order valence-electron chi connectivity index (χ1n) is 5.97. The topological polar surface area (TPSA) is 46.6 Å². The van der Waals surface area contributed by atoms with Crippen LogP contribution in [0.25, 0.3) is 6.08 Å². The van der Waals surface area contributed by atoms with Crippen LogP contribution in [0.1, 0.15) is 17.3 Å². The third kappa shape index (κ3) is 2.57. The van der Waals surface area contributed by atoms with Crippen LogP contribution in [0.2, 0.25) is 0 Å². The van der Waals surface area contributed by atoms with Crippen LogP contribution in [-0.2, 0) is 11.3 Å². The number of carbonyl (C=O) groups is 1. The van der Waals surface area contributed by atoms with Crippen molar-refractivity contribution in [1.82, 2.24) is 4.90 Å². The Hall–Kier alpha value is -1.79. The van der Waals surface area contributed by atoms with Crippen molar-refractivity contribution in [2.75, 3.05) is 0 Å². The van der Waals surface area contributed by atoms with Gasteiger partial charge in [0, 0.05) is 6.08 Å². The summed E-state index contributed by atoms with van der Waals surface area (Å²) in [5.41, 5.74) is 0. The molecule has 1 saturated heterocycles. The van der Waals surface area contributed by atoms with Crippen molar-refractivity contribution in [2.24, 2.45) is 0 Å². The van der Waals surface area contributed by atoms with E-state index in [-0.39, 0.29) is 5.91 Å². The van der Waals surface area contributed by atoms with Gasteiger partial charge in [-0.2, -0.15) is 0 Å². The van der Waals surface area contributed by atoms with Gasteiger partial charge in [0.25, 0.3) is 5.91 Å². The molecule has 0 radical (unpaired) electrons. The molecule has 3 rings (SSSR count). The molecule has 0 aromatic carbocycles. The molecular formula is C14H11NO3S2. The Balaban J connectivity index is 1.81. The molecule has 3 heterocycles. The molecule has 1 aliphatic rings. The number of thioether (sulfide) groups is 1. The largest absolute Gasteiger partial charge is 0.467 e. The fourth-order valence-electron chi connectivity index (χ4n) is 1.85. The van der Waals surface area contributed by atoms with E-state index in [9.17, 15) is 4.79 Å². The van der Waals surface area contributed by atoms with Crippen LogP contribution in [0.15, 0.2) is 44.3 Å². The highest BCUT2D eigenvalue weighted by molar-refractivity contribution is 8.26. The predicted molar refractivity (Wildman–Crippen MR) is 80.9 cm³/mol. The molecule has 20 heavy (non-hydrogen) atoms. The summed E-state index contributed by atoms with van der Waals surface area (Å²) in [6.07, 6.45) is 3.29. The average Bonchev–Trinajstić information content (AvgIpc) is 3.10. The van der Waals surface area contributed by atoms with Gasteiger partial charge in [0.15, 0.2) is 0 Å². The Labute approximate surface area is 125 Å². The smallest absolute Gasteiger partial charge is 0.266 e. The molecule has 0 saturated carbocycles. The van der Waals surface area contributed by atoms with Crippen molar-refractivity contribution in [3.63, 3.8) is 0 Å². The van der Waals surface area contributed by atoms with E-state index in [0.29, 0.717) is 27.3 Å². The summed E-state index contributed by atoms with van der Waals surface area (Å²) in [5.74, 6) is 2.05. The summed E-state index contributed by atoms with van der Waals surface area (Å²) in [6, 6.07) is 7.29. The Bertz CT molecular complexity index is 685. The molecule has 6 heteroatoms. The summed E-state index contributed by atoms with van der Waals surface area (Å²) in [5, 5.41) is 0. The molecule has 0 unspecified atom stereocenters. The highest BCUT2D eigenvalue weighted by atomic mass is 32.2. The van der Waals surface area contributed by atoms with Crippen molar-refractivity contribution in [3.8, 4) is 0 Å². The first kappa shape index (κ1) is 13.2. The van der Waals surface area contributed by atoms with E-state index in [4.69, 9.17) is 21.1 Å². The average molecular weight is 305 g/mol. The van der Waals surface area contributed by atoms with Gasteiger partial charge in [-0.05, 0) is 31.2 Å². The number of nitrogens with zero attached hydrogens (tertiary/aromatic N) is 1. The summed E-state index contributed by atoms with van der Waals surface area (Å²) in [6.45, 7) is 2.21. The monoisotopic (exact) mass is 305 g/mol. The summed E-state index contributed by atoms with van der Waals surface area (Å²) in [7, 11) is 0. The van der Waals surface area contributed by atoms with E-state index in [1.165, 1.54) is 16.7 Å². The second-order valence-corrected chi connectivity index (χ2v) is 5.97. The summed E-state index contributed by atoms with van der Waals surface area (Å²) >= 11 is 6.52. The fraction of sp³-hybridized carbons (Fsp3) is 0.143. The van der Waals surface area contributed by atoms with Crippen molar-refractivity contribution in [3.05, 3.63) is 52.7 Å². The fourth-order valence-corrected chi connectivity index (χ4v) is 3.09. The van der Waals surface area contributed by atoms with Crippen LogP contribution < -0.4 is 0 Å². The SMILES string of the molecule is Cc1ccc(/C=C2/SC(=S)N(Cc3ccco3)C2=O)o1. The van der Waals surface area contributed by atoms with Gasteiger partial charge in [-0.1, -0.05) is 24.0 Å². The molecule has 2 aromatic rings. The van der Waals surface area contributed by atoms with Crippen molar-refractivity contribution >= 4 is 40.3 Å². The van der Waals surface area contributed by atoms with Gasteiger partial charge in [-0.15, -0.1) is 0 Å². The summed E-state index contributed by atoms with van der Waals surface area (Å²) in [4.78, 5) is 14.4. The maximum atomic E-state index is 12.3. The molecule has 2 aromatic heterocycles. The van der Waals surface area contributed by atoms with Crippen molar-refractivity contribution < 1.29 is 13.6 Å². The minimum atomic E-state index is -0.120. The lowest BCUT2D eigenvalue weighted by Crippen LogP contribution is -2.27. The lowest BCUT2D eigenvalue weighted by molar-refractivity contribution is -0.122. The Morgan fingerprint density at radius 2 is 2.25 bits per heavy atom. The molecule has 0 aliphatic carbocycles. The molecule has 0 bridgehead atoms. The highest BCUT2D eigenvalue weighted by Crippen LogP contribution is 2.33. The standard InChI is InChI=1S/C14H11NO3S2/c1-9-4-5-10(18-9)7-12-13(16)15(14(19)20-12)8-11-3-2-6-17-11/h2-7H,8H2,1H3/b12-7+. The van der Waals surface area contributed by atoms with Gasteiger partial charge in [0.1, 0.15) is 21.6 Å². The van der Waals surface area contributed by atoms with Gasteiger partial charge < -0.3 is 8.83 Å². The van der Waals surface area contributed by atoms with Crippen LogP contribution in [0, 0.1) is 6.92 Å². The number of furan rings is 2. The second-order valence-electron chi connectivity index (χ2n) is 4.30. The van der Waals surface area contributed by atoms with Crippen LogP contribution >= 0.6 is 24.0 Å². The third-order valence-electron chi connectivity index (χ3n) is 2.80. The molecule has 0 N–H and O–H groups in total. The normalized spacial score (nSPS) is 17.4. The zero-order valence-corrected chi connectivity index (χ0v) is 12.3. The molecular weight excluding hydrogens is 294 g/mol. The van der Waals surface area contributed by atoms with E-state index in [2.05, 4.69) is 0 Å². The molecule has 0 spiro atoms. The van der Waals surface area contributed by atoms with Crippen molar-refractivity contribution in [2.45, 2.75) is 13.5 Å². The molecule has 1 amide bonds. The number of hydrogen-bond donors (Lipinski definition) is 0. The number of amides is 1. The highest BCUT2D eigenvalue weighted by Gasteiger charge is 2.32. The maximum Gasteiger partial charge on any atom is 0.266 e. The second kappa shape index (κ2) is 5.30. The number of thiocarbonyl (C=S) groups is 1. The molecule has 1 aliphatic heterocycles. The zero-order chi connectivity index (χ0) is 14.1. The minimum absolute atomic E-state index is 0.120. The van der Waals surface area contributed by atoms with Crippen LogP contribution in [0.4, 0.5) is 0 Å². The quantitative estimate of drug-likeness (QED) is 0.640. The van der Waals surface area contributed by atoms with E-state index in [1.54, 1.807) is 18.4 Å². The minimum Gasteiger partial charge on any atom is -0.467 e. The van der Waals surface area contributed by atoms with Crippen LogP contribution in [0.3, 0.4) is 0 Å². The predicted octanol–water partition coefficient (Wildman–Crippen LogP) is 3.58. The van der Waals surface area contributed by atoms with Gasteiger partial charge in [-0.25, -0.2) is 0 Å². The van der Waals surface area contributed by atoms with E-state index in [1.807, 2.05) is 25.1 Å². The van der Waals surface area contributed by atoms with Crippen LogP contribution in [-0.4, -0.2) is 15.1 Å².